The van der Waals surface area contributed by atoms with Gasteiger partial charge in [0.2, 0.25) is 10.0 Å². The number of ether oxygens (including phenoxy) is 3. The summed E-state index contributed by atoms with van der Waals surface area (Å²) in [5.41, 5.74) is 1.12. The highest BCUT2D eigenvalue weighted by Crippen LogP contribution is 2.29. The molecule has 0 spiro atoms. The minimum atomic E-state index is -3.86. The summed E-state index contributed by atoms with van der Waals surface area (Å²) in [6.45, 7) is 5.80. The molecule has 14 heteroatoms. The number of amides is 3. The van der Waals surface area contributed by atoms with E-state index in [0.29, 0.717) is 40.9 Å². The molecule has 0 aromatic heterocycles. The molecule has 3 N–H and O–H groups in total. The van der Waals surface area contributed by atoms with Crippen molar-refractivity contribution in [2.45, 2.75) is 63.2 Å². The predicted molar refractivity (Wildman–Crippen MR) is 194 cm³/mol. The predicted octanol–water partition coefficient (Wildman–Crippen LogP) is 6.11. The molecular formula is C36H47ClN4O8S. The number of anilines is 2. The van der Waals surface area contributed by atoms with Crippen LogP contribution in [-0.2, 0) is 14.8 Å². The first-order chi connectivity index (χ1) is 23.8. The van der Waals surface area contributed by atoms with Crippen LogP contribution >= 0.6 is 11.6 Å². The largest absolute Gasteiger partial charge is 0.497 e. The lowest BCUT2D eigenvalue weighted by atomic mass is 10.0. The van der Waals surface area contributed by atoms with Gasteiger partial charge in [-0.05, 0) is 99.8 Å². The van der Waals surface area contributed by atoms with E-state index in [4.69, 9.17) is 25.8 Å². The van der Waals surface area contributed by atoms with Crippen molar-refractivity contribution in [1.82, 2.24) is 9.21 Å². The number of halogens is 1. The van der Waals surface area contributed by atoms with Crippen LogP contribution in [0, 0.1) is 5.92 Å². The topological polar surface area (TPSA) is 147 Å². The molecule has 0 saturated heterocycles. The number of rotatable bonds is 9. The maximum atomic E-state index is 14.4. The molecule has 12 nitrogen and oxygen atoms in total. The van der Waals surface area contributed by atoms with E-state index < -0.39 is 34.1 Å². The third-order valence-corrected chi connectivity index (χ3v) is 10.7. The molecule has 3 aromatic carbocycles. The SMILES string of the molecule is COc1ccc(NC(=O)Nc2ccc3c(c2)C(=O)N([C@@H](C)CO)C[C@H](C)[C@H](CN(C)S(=O)(=O)c2ccc(Cl)cc2)OCCCC[C@@H](C)O3)cc1. The van der Waals surface area contributed by atoms with Crippen molar-refractivity contribution in [2.24, 2.45) is 5.92 Å². The number of urea groups is 1. The Morgan fingerprint density at radius 1 is 1.06 bits per heavy atom. The van der Waals surface area contributed by atoms with Crippen LogP contribution in [0.2, 0.25) is 5.02 Å². The summed E-state index contributed by atoms with van der Waals surface area (Å²) in [4.78, 5) is 28.9. The van der Waals surface area contributed by atoms with Gasteiger partial charge in [-0.3, -0.25) is 4.79 Å². The highest BCUT2D eigenvalue weighted by molar-refractivity contribution is 7.89. The number of carbonyl (C=O) groups excluding carboxylic acids is 2. The molecule has 0 fully saturated rings. The van der Waals surface area contributed by atoms with E-state index in [1.165, 1.54) is 40.5 Å². The number of fused-ring (bicyclic) bond motifs is 1. The highest BCUT2D eigenvalue weighted by Gasteiger charge is 2.32. The van der Waals surface area contributed by atoms with Crippen LogP contribution in [-0.4, -0.2) is 93.4 Å². The van der Waals surface area contributed by atoms with Crippen LogP contribution in [0.15, 0.2) is 71.6 Å². The normalized spacial score (nSPS) is 19.9. The van der Waals surface area contributed by atoms with Crippen LogP contribution in [0.3, 0.4) is 0 Å². The van der Waals surface area contributed by atoms with Gasteiger partial charge in [0.15, 0.2) is 0 Å². The van der Waals surface area contributed by atoms with E-state index in [1.807, 2.05) is 13.8 Å². The van der Waals surface area contributed by atoms with Gasteiger partial charge < -0.3 is 34.9 Å². The first kappa shape index (κ1) is 38.9. The van der Waals surface area contributed by atoms with E-state index in [0.717, 1.165) is 12.8 Å². The third-order valence-electron chi connectivity index (χ3n) is 8.62. The van der Waals surface area contributed by atoms with Crippen molar-refractivity contribution in [2.75, 3.05) is 51.1 Å². The molecule has 0 saturated carbocycles. The molecule has 1 heterocycles. The minimum absolute atomic E-state index is 0.0368. The Hall–Kier alpha value is -3.88. The number of carbonyl (C=O) groups is 2. The summed E-state index contributed by atoms with van der Waals surface area (Å²) < 4.78 is 45.9. The van der Waals surface area contributed by atoms with Crippen LogP contribution in [0.5, 0.6) is 11.5 Å². The molecule has 50 heavy (non-hydrogen) atoms. The zero-order chi connectivity index (χ0) is 36.4. The summed E-state index contributed by atoms with van der Waals surface area (Å²) >= 11 is 5.99. The number of hydrogen-bond acceptors (Lipinski definition) is 8. The Morgan fingerprint density at radius 3 is 2.38 bits per heavy atom. The van der Waals surface area contributed by atoms with Crippen LogP contribution < -0.4 is 20.1 Å². The van der Waals surface area contributed by atoms with Crippen molar-refractivity contribution in [3.63, 3.8) is 0 Å². The molecule has 0 radical (unpaired) electrons. The number of nitrogens with one attached hydrogen (secondary N) is 2. The summed E-state index contributed by atoms with van der Waals surface area (Å²) in [7, 11) is -0.801. The number of sulfonamides is 1. The lowest BCUT2D eigenvalue weighted by Crippen LogP contribution is -2.48. The van der Waals surface area contributed by atoms with Gasteiger partial charge in [-0.2, -0.15) is 4.31 Å². The molecule has 3 amide bonds. The average molecular weight is 731 g/mol. The number of aliphatic hydroxyl groups is 1. The van der Waals surface area contributed by atoms with Gasteiger partial charge in [0, 0.05) is 49.1 Å². The Morgan fingerprint density at radius 2 is 1.72 bits per heavy atom. The van der Waals surface area contributed by atoms with E-state index in [2.05, 4.69) is 10.6 Å². The lowest BCUT2D eigenvalue weighted by Gasteiger charge is -2.35. The molecule has 0 unspecified atom stereocenters. The number of methoxy groups -OCH3 is 1. The average Bonchev–Trinajstić information content (AvgIpc) is 3.09. The lowest BCUT2D eigenvalue weighted by molar-refractivity contribution is -0.00833. The molecule has 272 valence electrons. The zero-order valence-corrected chi connectivity index (χ0v) is 30.7. The Balaban J connectivity index is 1.61. The number of nitrogens with zero attached hydrogens (tertiary/aromatic N) is 2. The summed E-state index contributed by atoms with van der Waals surface area (Å²) in [6.07, 6.45) is 1.37. The number of likely N-dealkylation sites (N-methyl/N-ethyl adjacent to an activating group) is 1. The van der Waals surface area contributed by atoms with Gasteiger partial charge in [0.05, 0.1) is 42.4 Å². The summed E-state index contributed by atoms with van der Waals surface area (Å²) in [6, 6.07) is 16.6. The number of benzene rings is 3. The second kappa shape index (κ2) is 17.9. The van der Waals surface area contributed by atoms with Crippen molar-refractivity contribution in [3.05, 3.63) is 77.3 Å². The van der Waals surface area contributed by atoms with Crippen molar-refractivity contribution in [3.8, 4) is 11.5 Å². The maximum absolute atomic E-state index is 14.4. The third kappa shape index (κ3) is 10.3. The molecule has 1 aliphatic heterocycles. The van der Waals surface area contributed by atoms with E-state index in [-0.39, 0.29) is 42.2 Å². The maximum Gasteiger partial charge on any atom is 0.323 e. The number of hydrogen-bond donors (Lipinski definition) is 3. The van der Waals surface area contributed by atoms with Gasteiger partial charge in [-0.15, -0.1) is 0 Å². The van der Waals surface area contributed by atoms with Crippen molar-refractivity contribution >= 4 is 44.9 Å². The summed E-state index contributed by atoms with van der Waals surface area (Å²) in [5, 5.41) is 16.2. The van der Waals surface area contributed by atoms with Crippen molar-refractivity contribution in [1.29, 1.82) is 0 Å². The zero-order valence-electron chi connectivity index (χ0n) is 29.1. The molecular weight excluding hydrogens is 684 g/mol. The minimum Gasteiger partial charge on any atom is -0.497 e. The molecule has 3 aromatic rings. The van der Waals surface area contributed by atoms with Crippen LogP contribution in [0.4, 0.5) is 16.2 Å². The van der Waals surface area contributed by atoms with Crippen molar-refractivity contribution < 1.29 is 37.3 Å². The van der Waals surface area contributed by atoms with Gasteiger partial charge in [-0.1, -0.05) is 18.5 Å². The fourth-order valence-electron chi connectivity index (χ4n) is 5.57. The second-order valence-corrected chi connectivity index (χ2v) is 15.0. The Bertz CT molecular complexity index is 1690. The van der Waals surface area contributed by atoms with Gasteiger partial charge in [-0.25, -0.2) is 13.2 Å². The summed E-state index contributed by atoms with van der Waals surface area (Å²) in [5.74, 6) is 0.236. The highest BCUT2D eigenvalue weighted by atomic mass is 35.5. The first-order valence-corrected chi connectivity index (χ1v) is 18.4. The van der Waals surface area contributed by atoms with Crippen LogP contribution in [0.25, 0.3) is 0 Å². The fourth-order valence-corrected chi connectivity index (χ4v) is 6.88. The molecule has 4 atom stereocenters. The quantitative estimate of drug-likeness (QED) is 0.239. The van der Waals surface area contributed by atoms with E-state index in [9.17, 15) is 23.1 Å². The van der Waals surface area contributed by atoms with E-state index >= 15 is 0 Å². The number of aliphatic hydroxyl groups excluding tert-OH is 1. The van der Waals surface area contributed by atoms with E-state index in [1.54, 1.807) is 56.5 Å². The smallest absolute Gasteiger partial charge is 0.323 e. The monoisotopic (exact) mass is 730 g/mol. The van der Waals surface area contributed by atoms with Gasteiger partial charge >= 0.3 is 6.03 Å². The molecule has 0 aliphatic carbocycles. The fraction of sp³-hybridized carbons (Fsp3) is 0.444. The second-order valence-electron chi connectivity index (χ2n) is 12.6. The standard InChI is InChI=1S/C36H47ClN4O8S/c1-24-21-41(25(2)23-42)35(43)32-20-29(39-36(44)38-28-11-14-30(47-5)15-12-28)13-18-33(32)49-26(3)8-6-7-19-48-34(24)22-40(4)50(45,46)31-16-9-27(37)10-17-31/h9-18,20,24-26,34,42H,6-8,19,21-23H2,1-5H3,(H2,38,39,44)/t24-,25-,26+,34-/m0/s1. The van der Waals surface area contributed by atoms with Crippen LogP contribution in [0.1, 0.15) is 50.4 Å². The first-order valence-electron chi connectivity index (χ1n) is 16.6. The molecule has 0 bridgehead atoms. The molecule has 4 rings (SSSR count). The Kier molecular flexibility index (Phi) is 13.9. The van der Waals surface area contributed by atoms with Gasteiger partial charge in [0.1, 0.15) is 11.5 Å². The Labute approximate surface area is 299 Å². The molecule has 1 aliphatic rings. The van der Waals surface area contributed by atoms with Gasteiger partial charge in [0.25, 0.3) is 5.91 Å².